The van der Waals surface area contributed by atoms with Gasteiger partial charge in [-0.3, -0.25) is 0 Å². The predicted molar refractivity (Wildman–Crippen MR) is 94.7 cm³/mol. The summed E-state index contributed by atoms with van der Waals surface area (Å²) < 4.78 is 108. The predicted octanol–water partition coefficient (Wildman–Crippen LogP) is 4.58. The minimum atomic E-state index is -6.05. The third-order valence-corrected chi connectivity index (χ3v) is 5.89. The highest BCUT2D eigenvalue weighted by molar-refractivity contribution is 7.92. The number of hydrogen-bond donors (Lipinski definition) is 1. The van der Waals surface area contributed by atoms with Crippen molar-refractivity contribution in [1.82, 2.24) is 19.9 Å². The van der Waals surface area contributed by atoms with E-state index in [4.69, 9.17) is 23.2 Å². The van der Waals surface area contributed by atoms with Crippen molar-refractivity contribution in [3.63, 3.8) is 0 Å². The van der Waals surface area contributed by atoms with Gasteiger partial charge in [0.2, 0.25) is 12.2 Å². The van der Waals surface area contributed by atoms with Gasteiger partial charge in [-0.1, -0.05) is 28.4 Å². The van der Waals surface area contributed by atoms with Crippen molar-refractivity contribution in [3.8, 4) is 17.2 Å². The average molecular weight is 510 g/mol. The minimum Gasteiger partial charge on any atom is -0.372 e. The first-order chi connectivity index (χ1) is 14.2. The maximum atomic E-state index is 13.3. The van der Waals surface area contributed by atoms with E-state index in [1.807, 2.05) is 0 Å². The first kappa shape index (κ1) is 23.1. The molecule has 0 spiro atoms. The molecule has 3 aromatic rings. The molecule has 17 heteroatoms. The van der Waals surface area contributed by atoms with Crippen molar-refractivity contribution in [1.29, 1.82) is 0 Å². The van der Waals surface area contributed by atoms with Gasteiger partial charge in [-0.15, -0.1) is 0 Å². The van der Waals surface area contributed by atoms with Crippen LogP contribution in [0.15, 0.2) is 27.9 Å². The van der Waals surface area contributed by atoms with Gasteiger partial charge in [-0.2, -0.15) is 36.4 Å². The number of alkyl halides is 6. The van der Waals surface area contributed by atoms with E-state index in [9.17, 15) is 34.8 Å². The lowest BCUT2D eigenvalue weighted by Crippen LogP contribution is -2.24. The van der Waals surface area contributed by atoms with Crippen LogP contribution in [0.2, 0.25) is 10.0 Å². The quantitative estimate of drug-likeness (QED) is 0.513. The second-order valence-corrected chi connectivity index (χ2v) is 8.37. The van der Waals surface area contributed by atoms with Crippen molar-refractivity contribution in [2.75, 3.05) is 12.4 Å². The fourth-order valence-electron chi connectivity index (χ4n) is 2.51. The normalized spacial score (nSPS) is 12.9. The Bertz CT molecular complexity index is 1220. The van der Waals surface area contributed by atoms with E-state index >= 15 is 0 Å². The summed E-state index contributed by atoms with van der Waals surface area (Å²) in [6.07, 6.45) is -4.13. The summed E-state index contributed by atoms with van der Waals surface area (Å²) >= 11 is 11.8. The van der Waals surface area contributed by atoms with E-state index in [0.717, 1.165) is 7.05 Å². The van der Waals surface area contributed by atoms with Gasteiger partial charge in [0, 0.05) is 7.05 Å². The second-order valence-electron chi connectivity index (χ2n) is 5.68. The second kappa shape index (κ2) is 7.56. The molecule has 0 saturated heterocycles. The Labute approximate surface area is 178 Å². The van der Waals surface area contributed by atoms with Crippen LogP contribution in [0.1, 0.15) is 5.56 Å². The van der Waals surface area contributed by atoms with Crippen LogP contribution in [-0.4, -0.2) is 40.9 Å². The monoisotopic (exact) mass is 509 g/mol. The zero-order valence-electron chi connectivity index (χ0n) is 14.7. The Kier molecular flexibility index (Phi) is 5.65. The van der Waals surface area contributed by atoms with Crippen molar-refractivity contribution in [2.24, 2.45) is 0 Å². The van der Waals surface area contributed by atoms with Crippen LogP contribution < -0.4 is 5.32 Å². The van der Waals surface area contributed by atoms with Crippen LogP contribution in [0.5, 0.6) is 0 Å². The van der Waals surface area contributed by atoms with E-state index < -0.39 is 65.0 Å². The van der Waals surface area contributed by atoms with Crippen LogP contribution in [0, 0.1) is 0 Å². The lowest BCUT2D eigenvalue weighted by atomic mass is 10.2. The smallest absolute Gasteiger partial charge is 0.372 e. The fraction of sp³-hybridized carbons (Fsp3) is 0.214. The number of halogens is 8. The molecular formula is C14H7Cl2F6N5O3S. The highest BCUT2D eigenvalue weighted by Crippen LogP contribution is 2.43. The van der Waals surface area contributed by atoms with Gasteiger partial charge in [0.15, 0.2) is 5.69 Å². The highest BCUT2D eigenvalue weighted by atomic mass is 35.5. The Morgan fingerprint density at radius 1 is 1.10 bits per heavy atom. The number of rotatable bonds is 4. The molecule has 0 aliphatic rings. The standard InChI is InChI=1S/C14H7Cl2F6N5O3S/c1-23-12-10(31(28,29)14(20,21)22)8(11-24-4-30-26-11)25-27(12)9-6(15)2-5(3-7(9)16)13(17,18)19/h2-4,23H,1H3. The van der Waals surface area contributed by atoms with Crippen LogP contribution in [0.25, 0.3) is 17.2 Å². The molecule has 0 aliphatic heterocycles. The van der Waals surface area contributed by atoms with Crippen molar-refractivity contribution >= 4 is 38.9 Å². The van der Waals surface area contributed by atoms with E-state index in [2.05, 4.69) is 25.1 Å². The zero-order chi connectivity index (χ0) is 23.4. The summed E-state index contributed by atoms with van der Waals surface area (Å²) in [4.78, 5) is 2.08. The first-order valence-corrected chi connectivity index (χ1v) is 9.89. The summed E-state index contributed by atoms with van der Waals surface area (Å²) in [7, 11) is -5.00. The summed E-state index contributed by atoms with van der Waals surface area (Å²) in [6, 6.07) is 0.908. The molecule has 0 radical (unpaired) electrons. The van der Waals surface area contributed by atoms with E-state index in [1.54, 1.807) is 0 Å². The molecule has 0 fully saturated rings. The first-order valence-electron chi connectivity index (χ1n) is 7.65. The molecule has 1 N–H and O–H groups in total. The van der Waals surface area contributed by atoms with Gasteiger partial charge in [0.25, 0.3) is 9.84 Å². The topological polar surface area (TPSA) is 103 Å². The molecule has 0 amide bonds. The highest BCUT2D eigenvalue weighted by Gasteiger charge is 2.51. The molecule has 0 aliphatic carbocycles. The maximum absolute atomic E-state index is 13.3. The molecule has 0 bridgehead atoms. The number of anilines is 1. The Balaban J connectivity index is 2.41. The fourth-order valence-corrected chi connectivity index (χ4v) is 4.22. The van der Waals surface area contributed by atoms with Crippen molar-refractivity contribution in [2.45, 2.75) is 16.6 Å². The largest absolute Gasteiger partial charge is 0.502 e. The molecule has 0 atom stereocenters. The number of benzene rings is 1. The van der Waals surface area contributed by atoms with Gasteiger partial charge in [0.1, 0.15) is 16.4 Å². The molecule has 2 heterocycles. The lowest BCUT2D eigenvalue weighted by Gasteiger charge is -2.15. The summed E-state index contributed by atoms with van der Waals surface area (Å²) in [5.74, 6) is -1.45. The number of nitrogens with one attached hydrogen (secondary N) is 1. The summed E-state index contributed by atoms with van der Waals surface area (Å²) in [5, 5.41) is 7.88. The molecular weight excluding hydrogens is 503 g/mol. The average Bonchev–Trinajstić information content (AvgIpc) is 3.26. The Morgan fingerprint density at radius 2 is 1.68 bits per heavy atom. The molecule has 31 heavy (non-hydrogen) atoms. The molecule has 2 aromatic heterocycles. The van der Waals surface area contributed by atoms with Crippen LogP contribution in [0.4, 0.5) is 32.2 Å². The van der Waals surface area contributed by atoms with Gasteiger partial charge in [0.05, 0.1) is 15.6 Å². The summed E-state index contributed by atoms with van der Waals surface area (Å²) in [5.41, 5.74) is -8.43. The third-order valence-electron chi connectivity index (χ3n) is 3.78. The maximum Gasteiger partial charge on any atom is 0.502 e. The molecule has 8 nitrogen and oxygen atoms in total. The van der Waals surface area contributed by atoms with E-state index in [0.29, 0.717) is 23.2 Å². The van der Waals surface area contributed by atoms with Gasteiger partial charge < -0.3 is 9.84 Å². The zero-order valence-corrected chi connectivity index (χ0v) is 17.0. The molecule has 3 rings (SSSR count). The van der Waals surface area contributed by atoms with Gasteiger partial charge in [-0.25, -0.2) is 13.1 Å². The van der Waals surface area contributed by atoms with Crippen LogP contribution in [-0.2, 0) is 16.0 Å². The number of sulfone groups is 1. The number of aromatic nitrogens is 4. The minimum absolute atomic E-state index is 0.454. The lowest BCUT2D eigenvalue weighted by molar-refractivity contribution is -0.137. The number of nitrogens with zero attached hydrogens (tertiary/aromatic N) is 4. The molecule has 0 saturated carbocycles. The van der Waals surface area contributed by atoms with Gasteiger partial charge >= 0.3 is 11.7 Å². The Morgan fingerprint density at radius 3 is 2.10 bits per heavy atom. The molecule has 1 aromatic carbocycles. The number of hydrogen-bond acceptors (Lipinski definition) is 7. The van der Waals surface area contributed by atoms with Crippen molar-refractivity contribution < 1.29 is 39.3 Å². The third kappa shape index (κ3) is 3.92. The molecule has 0 unspecified atom stereocenters. The molecule has 168 valence electrons. The van der Waals surface area contributed by atoms with E-state index in [1.165, 1.54) is 0 Å². The Hall–Kier alpha value is -2.52. The van der Waals surface area contributed by atoms with Gasteiger partial charge in [-0.05, 0) is 12.1 Å². The summed E-state index contributed by atoms with van der Waals surface area (Å²) in [6.45, 7) is 0. The van der Waals surface area contributed by atoms with Crippen LogP contribution >= 0.6 is 23.2 Å². The van der Waals surface area contributed by atoms with Crippen LogP contribution in [0.3, 0.4) is 0 Å². The SMILES string of the molecule is CNc1c(S(=O)(=O)C(F)(F)F)c(-c2ncon2)nn1-c1c(Cl)cc(C(F)(F)F)cc1Cl. The van der Waals surface area contributed by atoms with E-state index in [-0.39, 0.29) is 0 Å². The van der Waals surface area contributed by atoms with Crippen molar-refractivity contribution in [3.05, 3.63) is 34.1 Å².